The number of halogens is 1. The van der Waals surface area contributed by atoms with Crippen LogP contribution in [0.25, 0.3) is 10.9 Å². The number of hydrogen-bond acceptors (Lipinski definition) is 5. The quantitative estimate of drug-likeness (QED) is 0.697. The van der Waals surface area contributed by atoms with Gasteiger partial charge >= 0.3 is 5.97 Å². The van der Waals surface area contributed by atoms with Crippen molar-refractivity contribution in [3.63, 3.8) is 0 Å². The smallest absolute Gasteiger partial charge is 0.340 e. The number of aromatic nitrogens is 2. The second-order valence-electron chi connectivity index (χ2n) is 5.92. The molecule has 0 saturated carbocycles. The van der Waals surface area contributed by atoms with Gasteiger partial charge in [-0.3, -0.25) is 19.9 Å². The molecular weight excluding hydrogens is 370 g/mol. The van der Waals surface area contributed by atoms with E-state index < -0.39 is 24.4 Å². The molecule has 0 aliphatic carbocycles. The number of imide groups is 1. The fraction of sp³-hybridized carbons (Fsp3) is 0.158. The Balaban J connectivity index is 1.66. The van der Waals surface area contributed by atoms with E-state index in [9.17, 15) is 14.4 Å². The lowest BCUT2D eigenvalue weighted by molar-refractivity contribution is -0.123. The van der Waals surface area contributed by atoms with Crippen molar-refractivity contribution in [1.82, 2.24) is 14.9 Å². The van der Waals surface area contributed by atoms with Gasteiger partial charge in [-0.2, -0.15) is 0 Å². The monoisotopic (exact) mass is 385 g/mol. The molecule has 3 rings (SSSR count). The van der Waals surface area contributed by atoms with Crippen LogP contribution in [0.5, 0.6) is 0 Å². The van der Waals surface area contributed by atoms with Crippen molar-refractivity contribution in [2.45, 2.75) is 6.92 Å². The third kappa shape index (κ3) is 4.15. The molecule has 0 aliphatic rings. The molecule has 1 aromatic carbocycles. The molecule has 2 amide bonds. The van der Waals surface area contributed by atoms with Gasteiger partial charge in [0.1, 0.15) is 5.69 Å². The summed E-state index contributed by atoms with van der Waals surface area (Å²) in [5, 5.41) is 3.38. The topological polar surface area (TPSA) is 90.3 Å². The maximum Gasteiger partial charge on any atom is 0.340 e. The van der Waals surface area contributed by atoms with E-state index in [0.717, 1.165) is 0 Å². The van der Waals surface area contributed by atoms with Crippen molar-refractivity contribution in [3.8, 4) is 0 Å². The first-order valence-corrected chi connectivity index (χ1v) is 8.42. The van der Waals surface area contributed by atoms with E-state index in [4.69, 9.17) is 16.3 Å². The Hall–Kier alpha value is -3.19. The fourth-order valence-electron chi connectivity index (χ4n) is 2.58. The molecule has 138 valence electrons. The van der Waals surface area contributed by atoms with Crippen molar-refractivity contribution in [1.29, 1.82) is 0 Å². The third-order valence-corrected chi connectivity index (χ3v) is 4.19. The Morgan fingerprint density at radius 2 is 2.00 bits per heavy atom. The summed E-state index contributed by atoms with van der Waals surface area (Å²) < 4.78 is 6.59. The molecule has 8 heteroatoms. The number of pyridine rings is 1. The number of benzene rings is 1. The predicted octanol–water partition coefficient (Wildman–Crippen LogP) is 2.65. The number of carbonyl (C=O) groups excluding carboxylic acids is 3. The van der Waals surface area contributed by atoms with Crippen LogP contribution in [0.15, 0.2) is 42.6 Å². The molecule has 3 aromatic rings. The van der Waals surface area contributed by atoms with Crippen LogP contribution < -0.4 is 5.32 Å². The van der Waals surface area contributed by atoms with Crippen LogP contribution >= 0.6 is 11.6 Å². The lowest BCUT2D eigenvalue weighted by Gasteiger charge is -2.09. The summed E-state index contributed by atoms with van der Waals surface area (Å²) in [6.07, 6.45) is 1.68. The second-order valence-corrected chi connectivity index (χ2v) is 6.35. The average molecular weight is 386 g/mol. The summed E-state index contributed by atoms with van der Waals surface area (Å²) in [5.41, 5.74) is 1.71. The number of aryl methyl sites for hydroxylation is 2. The SMILES string of the molecule is Cc1nc2ccc(Cl)cc2cc1C(=O)OCC(=O)NC(=O)c1cccn1C. The van der Waals surface area contributed by atoms with Gasteiger partial charge in [0.25, 0.3) is 11.8 Å². The maximum atomic E-state index is 12.3. The predicted molar refractivity (Wildman–Crippen MR) is 99.7 cm³/mol. The summed E-state index contributed by atoms with van der Waals surface area (Å²) in [7, 11) is 1.68. The number of amides is 2. The minimum atomic E-state index is -0.719. The molecule has 0 atom stereocenters. The normalized spacial score (nSPS) is 10.6. The minimum absolute atomic E-state index is 0.228. The number of carbonyl (C=O) groups is 3. The van der Waals surface area contributed by atoms with E-state index in [1.54, 1.807) is 61.1 Å². The van der Waals surface area contributed by atoms with E-state index >= 15 is 0 Å². The molecular formula is C19H16ClN3O4. The number of fused-ring (bicyclic) bond motifs is 1. The summed E-state index contributed by atoms with van der Waals surface area (Å²) in [6.45, 7) is 1.09. The standard InChI is InChI=1S/C19H16ClN3O4/c1-11-14(9-12-8-13(20)5-6-15(12)21-11)19(26)27-10-17(24)22-18(25)16-4-3-7-23(16)2/h3-9H,10H2,1-2H3,(H,22,24,25). The van der Waals surface area contributed by atoms with Gasteiger partial charge < -0.3 is 9.30 Å². The molecule has 2 heterocycles. The van der Waals surface area contributed by atoms with Gasteiger partial charge in [-0.25, -0.2) is 4.79 Å². The Morgan fingerprint density at radius 1 is 1.22 bits per heavy atom. The lowest BCUT2D eigenvalue weighted by atomic mass is 10.1. The largest absolute Gasteiger partial charge is 0.452 e. The van der Waals surface area contributed by atoms with Crippen LogP contribution in [0.2, 0.25) is 5.02 Å². The van der Waals surface area contributed by atoms with Crippen LogP contribution in [-0.4, -0.2) is 33.9 Å². The van der Waals surface area contributed by atoms with Gasteiger partial charge in [0.05, 0.1) is 16.8 Å². The highest BCUT2D eigenvalue weighted by molar-refractivity contribution is 6.31. The van der Waals surface area contributed by atoms with E-state index in [1.807, 2.05) is 0 Å². The molecule has 7 nitrogen and oxygen atoms in total. The highest BCUT2D eigenvalue weighted by Gasteiger charge is 2.17. The molecule has 0 bridgehead atoms. The highest BCUT2D eigenvalue weighted by atomic mass is 35.5. The first-order valence-electron chi connectivity index (χ1n) is 8.04. The fourth-order valence-corrected chi connectivity index (χ4v) is 2.76. The number of nitrogens with one attached hydrogen (secondary N) is 1. The molecule has 2 aromatic heterocycles. The first kappa shape index (κ1) is 18.6. The Labute approximate surface area is 159 Å². The van der Waals surface area contributed by atoms with Gasteiger partial charge in [-0.15, -0.1) is 0 Å². The molecule has 27 heavy (non-hydrogen) atoms. The van der Waals surface area contributed by atoms with Crippen LogP contribution in [0.1, 0.15) is 26.5 Å². The second kappa shape index (κ2) is 7.59. The molecule has 0 aliphatic heterocycles. The molecule has 0 radical (unpaired) electrons. The molecule has 0 fully saturated rings. The van der Waals surface area contributed by atoms with Crippen molar-refractivity contribution < 1.29 is 19.1 Å². The number of nitrogens with zero attached hydrogens (tertiary/aromatic N) is 2. The zero-order valence-corrected chi connectivity index (χ0v) is 15.4. The van der Waals surface area contributed by atoms with E-state index in [2.05, 4.69) is 10.3 Å². The van der Waals surface area contributed by atoms with E-state index in [-0.39, 0.29) is 5.56 Å². The van der Waals surface area contributed by atoms with Gasteiger partial charge in [-0.05, 0) is 43.3 Å². The minimum Gasteiger partial charge on any atom is -0.452 e. The van der Waals surface area contributed by atoms with E-state index in [1.165, 1.54) is 0 Å². The van der Waals surface area contributed by atoms with Crippen molar-refractivity contribution in [2.24, 2.45) is 7.05 Å². The van der Waals surface area contributed by atoms with E-state index in [0.29, 0.717) is 27.3 Å². The number of rotatable bonds is 4. The third-order valence-electron chi connectivity index (χ3n) is 3.95. The molecule has 0 unspecified atom stereocenters. The molecule has 0 spiro atoms. The van der Waals surface area contributed by atoms with Crippen molar-refractivity contribution in [3.05, 3.63) is 64.6 Å². The Bertz CT molecular complexity index is 1060. The first-order chi connectivity index (χ1) is 12.8. The van der Waals surface area contributed by atoms with Gasteiger partial charge in [-0.1, -0.05) is 11.6 Å². The zero-order chi connectivity index (χ0) is 19.6. The average Bonchev–Trinajstić information content (AvgIpc) is 3.05. The number of ether oxygens (including phenoxy) is 1. The maximum absolute atomic E-state index is 12.3. The zero-order valence-electron chi connectivity index (χ0n) is 14.7. The lowest BCUT2D eigenvalue weighted by Crippen LogP contribution is -2.35. The molecule has 1 N–H and O–H groups in total. The summed E-state index contributed by atoms with van der Waals surface area (Å²) >= 11 is 5.96. The Morgan fingerprint density at radius 3 is 2.70 bits per heavy atom. The summed E-state index contributed by atoms with van der Waals surface area (Å²) in [6, 6.07) is 10.0. The van der Waals surface area contributed by atoms with Crippen molar-refractivity contribution >= 4 is 40.3 Å². The van der Waals surface area contributed by atoms with Crippen molar-refractivity contribution in [2.75, 3.05) is 6.61 Å². The summed E-state index contributed by atoms with van der Waals surface area (Å²) in [4.78, 5) is 40.5. The summed E-state index contributed by atoms with van der Waals surface area (Å²) in [5.74, 6) is -1.99. The van der Waals surface area contributed by atoms with Crippen LogP contribution in [-0.2, 0) is 16.6 Å². The number of esters is 1. The highest BCUT2D eigenvalue weighted by Crippen LogP contribution is 2.21. The molecule has 0 saturated heterocycles. The number of hydrogen-bond donors (Lipinski definition) is 1. The van der Waals surface area contributed by atoms with Gasteiger partial charge in [0.2, 0.25) is 0 Å². The van der Waals surface area contributed by atoms with Crippen LogP contribution in [0.4, 0.5) is 0 Å². The van der Waals surface area contributed by atoms with Gasteiger partial charge in [0.15, 0.2) is 6.61 Å². The Kier molecular flexibility index (Phi) is 5.23. The van der Waals surface area contributed by atoms with Gasteiger partial charge in [0, 0.05) is 23.7 Å². The van der Waals surface area contributed by atoms with Crippen LogP contribution in [0.3, 0.4) is 0 Å². The van der Waals surface area contributed by atoms with Crippen LogP contribution in [0, 0.1) is 6.92 Å².